The highest BCUT2D eigenvalue weighted by atomic mass is 32.1. The standard InChI is InChI=1S/C29H37N3O4S/c1-21-11-15-32(16-12-21)29(33)25-20-37-28(30-25)19-31(18-23-5-8-24(34-2)9-6-23)14-13-22-7-10-26(35-3)27(17-22)36-4/h5-10,17,20-21H,11-16,18-19H2,1-4H3. The number of benzene rings is 2. The van der Waals surface area contributed by atoms with Gasteiger partial charge in [0, 0.05) is 31.6 Å². The van der Waals surface area contributed by atoms with E-state index in [1.54, 1.807) is 32.7 Å². The van der Waals surface area contributed by atoms with Crippen LogP contribution >= 0.6 is 11.3 Å². The Hall–Kier alpha value is -3.10. The normalized spacial score (nSPS) is 14.1. The van der Waals surface area contributed by atoms with E-state index in [-0.39, 0.29) is 5.91 Å². The van der Waals surface area contributed by atoms with Crippen LogP contribution in [0.5, 0.6) is 17.2 Å². The third-order valence-corrected chi connectivity index (χ3v) is 7.76. The molecule has 1 fully saturated rings. The Balaban J connectivity index is 1.46. The first-order valence-corrected chi connectivity index (χ1v) is 13.7. The third kappa shape index (κ3) is 7.23. The summed E-state index contributed by atoms with van der Waals surface area (Å²) in [7, 11) is 4.98. The van der Waals surface area contributed by atoms with Gasteiger partial charge >= 0.3 is 0 Å². The van der Waals surface area contributed by atoms with Gasteiger partial charge < -0.3 is 19.1 Å². The van der Waals surface area contributed by atoms with Crippen molar-refractivity contribution in [2.24, 2.45) is 5.92 Å². The van der Waals surface area contributed by atoms with E-state index >= 15 is 0 Å². The molecule has 198 valence electrons. The average molecular weight is 524 g/mol. The van der Waals surface area contributed by atoms with Gasteiger partial charge in [-0.3, -0.25) is 9.69 Å². The number of thiazole rings is 1. The second-order valence-corrected chi connectivity index (χ2v) is 10.5. The Morgan fingerprint density at radius 1 is 0.973 bits per heavy atom. The van der Waals surface area contributed by atoms with Crippen LogP contribution in [0.25, 0.3) is 0 Å². The SMILES string of the molecule is COc1ccc(CN(CCc2ccc(OC)c(OC)c2)Cc2nc(C(=O)N3CCC(C)CC3)cs2)cc1. The molecule has 0 spiro atoms. The fourth-order valence-electron chi connectivity index (χ4n) is 4.57. The van der Waals surface area contributed by atoms with Crippen molar-refractivity contribution in [2.75, 3.05) is 41.0 Å². The van der Waals surface area contributed by atoms with E-state index in [2.05, 4.69) is 30.0 Å². The van der Waals surface area contributed by atoms with Crippen LogP contribution in [0.4, 0.5) is 0 Å². The number of aromatic nitrogens is 1. The van der Waals surface area contributed by atoms with Crippen molar-refractivity contribution < 1.29 is 19.0 Å². The molecule has 1 aliphatic heterocycles. The summed E-state index contributed by atoms with van der Waals surface area (Å²) < 4.78 is 16.2. The minimum Gasteiger partial charge on any atom is -0.497 e. The summed E-state index contributed by atoms with van der Waals surface area (Å²) in [4.78, 5) is 22.1. The lowest BCUT2D eigenvalue weighted by Crippen LogP contribution is -2.38. The fraction of sp³-hybridized carbons (Fsp3) is 0.448. The van der Waals surface area contributed by atoms with Crippen molar-refractivity contribution in [1.29, 1.82) is 0 Å². The van der Waals surface area contributed by atoms with Crippen LogP contribution in [-0.2, 0) is 19.5 Å². The largest absolute Gasteiger partial charge is 0.497 e. The summed E-state index contributed by atoms with van der Waals surface area (Å²) >= 11 is 1.56. The van der Waals surface area contributed by atoms with Crippen molar-refractivity contribution in [3.63, 3.8) is 0 Å². The molecule has 0 bridgehead atoms. The number of amides is 1. The highest BCUT2D eigenvalue weighted by Gasteiger charge is 2.23. The van der Waals surface area contributed by atoms with Gasteiger partial charge in [0.25, 0.3) is 5.91 Å². The molecule has 8 heteroatoms. The van der Waals surface area contributed by atoms with E-state index in [0.29, 0.717) is 18.2 Å². The molecule has 0 aliphatic carbocycles. The maximum atomic E-state index is 13.0. The molecule has 1 aliphatic rings. The highest BCUT2D eigenvalue weighted by Crippen LogP contribution is 2.28. The molecule has 1 aromatic heterocycles. The number of nitrogens with zero attached hydrogens (tertiary/aromatic N) is 3. The van der Waals surface area contributed by atoms with Gasteiger partial charge in [-0.1, -0.05) is 25.1 Å². The van der Waals surface area contributed by atoms with E-state index in [4.69, 9.17) is 19.2 Å². The first-order chi connectivity index (χ1) is 18.0. The molecular formula is C29H37N3O4S. The molecule has 7 nitrogen and oxygen atoms in total. The molecule has 2 heterocycles. The smallest absolute Gasteiger partial charge is 0.273 e. The van der Waals surface area contributed by atoms with Crippen LogP contribution in [0.3, 0.4) is 0 Å². The molecule has 4 rings (SSSR count). The monoisotopic (exact) mass is 523 g/mol. The molecule has 0 radical (unpaired) electrons. The maximum Gasteiger partial charge on any atom is 0.273 e. The number of ether oxygens (including phenoxy) is 3. The summed E-state index contributed by atoms with van der Waals surface area (Å²) in [5, 5.41) is 2.87. The van der Waals surface area contributed by atoms with E-state index in [9.17, 15) is 4.79 Å². The van der Waals surface area contributed by atoms with E-state index < -0.39 is 0 Å². The van der Waals surface area contributed by atoms with Gasteiger partial charge in [-0.05, 0) is 60.6 Å². The summed E-state index contributed by atoms with van der Waals surface area (Å²) in [6.07, 6.45) is 2.97. The Bertz CT molecular complexity index is 1160. The number of hydrogen-bond donors (Lipinski definition) is 0. The molecule has 2 aromatic carbocycles. The number of likely N-dealkylation sites (tertiary alicyclic amines) is 1. The zero-order valence-electron chi connectivity index (χ0n) is 22.2. The lowest BCUT2D eigenvalue weighted by molar-refractivity contribution is 0.0691. The number of methoxy groups -OCH3 is 3. The number of carbonyl (C=O) groups is 1. The van der Waals surface area contributed by atoms with Gasteiger partial charge in [-0.15, -0.1) is 11.3 Å². The average Bonchev–Trinajstić information content (AvgIpc) is 3.40. The number of carbonyl (C=O) groups excluding carboxylic acids is 1. The Kier molecular flexibility index (Phi) is 9.41. The lowest BCUT2D eigenvalue weighted by Gasteiger charge is -2.29. The van der Waals surface area contributed by atoms with Gasteiger partial charge in [0.2, 0.25) is 0 Å². The van der Waals surface area contributed by atoms with Crippen LogP contribution < -0.4 is 14.2 Å². The quantitative estimate of drug-likeness (QED) is 0.341. The lowest BCUT2D eigenvalue weighted by atomic mass is 9.99. The molecule has 0 atom stereocenters. The Morgan fingerprint density at radius 3 is 2.35 bits per heavy atom. The van der Waals surface area contributed by atoms with E-state index in [1.165, 1.54) is 11.1 Å². The Morgan fingerprint density at radius 2 is 1.68 bits per heavy atom. The number of hydrogen-bond acceptors (Lipinski definition) is 7. The van der Waals surface area contributed by atoms with Crippen molar-refractivity contribution in [2.45, 2.75) is 39.3 Å². The van der Waals surface area contributed by atoms with Crippen molar-refractivity contribution >= 4 is 17.2 Å². The predicted octanol–water partition coefficient (Wildman–Crippen LogP) is 5.29. The van der Waals surface area contributed by atoms with Crippen molar-refractivity contribution in [1.82, 2.24) is 14.8 Å². The van der Waals surface area contributed by atoms with Crippen LogP contribution in [0, 0.1) is 5.92 Å². The van der Waals surface area contributed by atoms with Gasteiger partial charge in [-0.2, -0.15) is 0 Å². The second kappa shape index (κ2) is 12.9. The van der Waals surface area contributed by atoms with Gasteiger partial charge in [0.05, 0.1) is 27.9 Å². The summed E-state index contributed by atoms with van der Waals surface area (Å²) in [6, 6.07) is 14.2. The topological polar surface area (TPSA) is 64.1 Å². The van der Waals surface area contributed by atoms with Crippen LogP contribution in [0.1, 0.15) is 46.4 Å². The zero-order chi connectivity index (χ0) is 26.2. The van der Waals surface area contributed by atoms with Crippen LogP contribution in [0.2, 0.25) is 0 Å². The van der Waals surface area contributed by atoms with Gasteiger partial charge in [0.15, 0.2) is 11.5 Å². The fourth-order valence-corrected chi connectivity index (χ4v) is 5.38. The first-order valence-electron chi connectivity index (χ1n) is 12.8. The Labute approximate surface area is 224 Å². The van der Waals surface area contributed by atoms with Crippen molar-refractivity contribution in [3.8, 4) is 17.2 Å². The maximum absolute atomic E-state index is 13.0. The van der Waals surface area contributed by atoms with E-state index in [1.807, 2.05) is 34.5 Å². The van der Waals surface area contributed by atoms with Crippen LogP contribution in [0.15, 0.2) is 47.8 Å². The molecule has 3 aromatic rings. The predicted molar refractivity (Wildman–Crippen MR) is 147 cm³/mol. The van der Waals surface area contributed by atoms with Gasteiger partial charge in [0.1, 0.15) is 16.5 Å². The minimum absolute atomic E-state index is 0.0569. The highest BCUT2D eigenvalue weighted by molar-refractivity contribution is 7.09. The number of piperidine rings is 1. The third-order valence-electron chi connectivity index (χ3n) is 6.93. The summed E-state index contributed by atoms with van der Waals surface area (Å²) in [5.41, 5.74) is 2.94. The molecule has 1 amide bonds. The first kappa shape index (κ1) is 26.9. The van der Waals surface area contributed by atoms with Gasteiger partial charge in [-0.25, -0.2) is 4.98 Å². The summed E-state index contributed by atoms with van der Waals surface area (Å²) in [5.74, 6) is 3.05. The molecule has 0 saturated carbocycles. The van der Waals surface area contributed by atoms with E-state index in [0.717, 1.165) is 67.7 Å². The molecular weight excluding hydrogens is 486 g/mol. The molecule has 37 heavy (non-hydrogen) atoms. The van der Waals surface area contributed by atoms with Crippen LogP contribution in [-0.4, -0.2) is 61.7 Å². The summed E-state index contributed by atoms with van der Waals surface area (Å²) in [6.45, 7) is 6.17. The number of rotatable bonds is 11. The minimum atomic E-state index is 0.0569. The van der Waals surface area contributed by atoms with Crippen molar-refractivity contribution in [3.05, 3.63) is 69.7 Å². The molecule has 0 unspecified atom stereocenters. The molecule has 0 N–H and O–H groups in total. The zero-order valence-corrected chi connectivity index (χ0v) is 23.1. The second-order valence-electron chi connectivity index (χ2n) is 9.60. The molecule has 1 saturated heterocycles.